The molecule has 0 N–H and O–H groups in total. The third kappa shape index (κ3) is 5.26. The van der Waals surface area contributed by atoms with Crippen LogP contribution in [-0.2, 0) is 10.0 Å². The standard InChI is InChI=1S/C31H33N3O5S/c1-33(2)40(36,37)27-18-12-23(13-19-27)31(35)34-30(22-10-16-26(39-4)17-11-22)28-7-5-6-24(29(28)32-34)20-21-8-14-25(38-3)15-9-21/h8-20,28,30H,5-7H2,1-4H3. The third-order valence-electron chi connectivity index (χ3n) is 7.50. The number of hydrogen-bond donors (Lipinski definition) is 0. The van der Waals surface area contributed by atoms with Crippen molar-refractivity contribution < 1.29 is 22.7 Å². The van der Waals surface area contributed by atoms with Crippen molar-refractivity contribution in [3.05, 3.63) is 95.1 Å². The number of nitrogens with zero attached hydrogens (tertiary/aromatic N) is 3. The molecule has 1 saturated carbocycles. The molecule has 1 amide bonds. The lowest BCUT2D eigenvalue weighted by atomic mass is 9.77. The van der Waals surface area contributed by atoms with Gasteiger partial charge in [-0.2, -0.15) is 5.10 Å². The molecule has 208 valence electrons. The maximum atomic E-state index is 13.9. The Balaban J connectivity index is 1.53. The van der Waals surface area contributed by atoms with Crippen LogP contribution in [0.2, 0.25) is 0 Å². The summed E-state index contributed by atoms with van der Waals surface area (Å²) in [6, 6.07) is 21.4. The van der Waals surface area contributed by atoms with E-state index in [2.05, 4.69) is 6.08 Å². The van der Waals surface area contributed by atoms with Crippen molar-refractivity contribution in [1.82, 2.24) is 9.31 Å². The summed E-state index contributed by atoms with van der Waals surface area (Å²) in [5.41, 5.74) is 4.42. The van der Waals surface area contributed by atoms with E-state index in [1.165, 1.54) is 26.2 Å². The molecule has 3 aromatic carbocycles. The average Bonchev–Trinajstić information content (AvgIpc) is 3.38. The van der Waals surface area contributed by atoms with Crippen LogP contribution in [0.4, 0.5) is 0 Å². The molecular weight excluding hydrogens is 526 g/mol. The van der Waals surface area contributed by atoms with Gasteiger partial charge in [-0.25, -0.2) is 17.7 Å². The molecule has 40 heavy (non-hydrogen) atoms. The molecule has 2 aliphatic rings. The zero-order valence-electron chi connectivity index (χ0n) is 23.1. The van der Waals surface area contributed by atoms with Crippen LogP contribution in [-0.4, -0.2) is 57.7 Å². The van der Waals surface area contributed by atoms with Gasteiger partial charge in [0, 0.05) is 25.6 Å². The topological polar surface area (TPSA) is 88.5 Å². The molecule has 0 spiro atoms. The number of sulfonamides is 1. The minimum atomic E-state index is -3.60. The van der Waals surface area contributed by atoms with E-state index in [0.29, 0.717) is 5.56 Å². The fourth-order valence-corrected chi connectivity index (χ4v) is 6.22. The van der Waals surface area contributed by atoms with E-state index in [4.69, 9.17) is 14.6 Å². The first-order valence-corrected chi connectivity index (χ1v) is 14.6. The molecule has 1 aliphatic carbocycles. The maximum Gasteiger partial charge on any atom is 0.274 e. The lowest BCUT2D eigenvalue weighted by Crippen LogP contribution is -2.32. The molecule has 0 bridgehead atoms. The van der Waals surface area contributed by atoms with Gasteiger partial charge < -0.3 is 9.47 Å². The van der Waals surface area contributed by atoms with Crippen molar-refractivity contribution in [3.63, 3.8) is 0 Å². The van der Waals surface area contributed by atoms with Crippen molar-refractivity contribution in [3.8, 4) is 11.5 Å². The SMILES string of the molecule is COc1ccc(C=C2CCCC3C2=NN(C(=O)c2ccc(S(=O)(=O)N(C)C)cc2)C3c2ccc(OC)cc2)cc1. The van der Waals surface area contributed by atoms with Crippen LogP contribution >= 0.6 is 0 Å². The number of ether oxygens (including phenoxy) is 2. The third-order valence-corrected chi connectivity index (χ3v) is 9.33. The smallest absolute Gasteiger partial charge is 0.274 e. The average molecular weight is 560 g/mol. The second-order valence-electron chi connectivity index (χ2n) is 10.1. The Morgan fingerprint density at radius 2 is 1.52 bits per heavy atom. The molecule has 5 rings (SSSR count). The van der Waals surface area contributed by atoms with Gasteiger partial charge in [-0.3, -0.25) is 4.79 Å². The quantitative estimate of drug-likeness (QED) is 0.387. The van der Waals surface area contributed by atoms with Crippen molar-refractivity contribution >= 4 is 27.7 Å². The number of fused-ring (bicyclic) bond motifs is 1. The number of amides is 1. The fraction of sp³-hybridized carbons (Fsp3) is 0.290. The van der Waals surface area contributed by atoms with Crippen LogP contribution in [0.25, 0.3) is 6.08 Å². The first kappa shape index (κ1) is 27.6. The molecule has 2 atom stereocenters. The summed E-state index contributed by atoms with van der Waals surface area (Å²) in [5, 5.41) is 6.52. The van der Waals surface area contributed by atoms with Crippen molar-refractivity contribution in [2.75, 3.05) is 28.3 Å². The van der Waals surface area contributed by atoms with E-state index < -0.39 is 10.0 Å². The molecule has 9 heteroatoms. The second-order valence-corrected chi connectivity index (χ2v) is 12.3. The summed E-state index contributed by atoms with van der Waals surface area (Å²) in [7, 11) is 2.62. The zero-order chi connectivity index (χ0) is 28.4. The lowest BCUT2D eigenvalue weighted by molar-refractivity contribution is 0.0680. The minimum absolute atomic E-state index is 0.0315. The Morgan fingerprint density at radius 1 is 0.925 bits per heavy atom. The van der Waals surface area contributed by atoms with E-state index in [1.807, 2.05) is 48.5 Å². The molecule has 0 aromatic heterocycles. The van der Waals surface area contributed by atoms with Crippen LogP contribution in [0, 0.1) is 5.92 Å². The van der Waals surface area contributed by atoms with Crippen LogP contribution in [0.3, 0.4) is 0 Å². The second kappa shape index (κ2) is 11.3. The highest BCUT2D eigenvalue weighted by Gasteiger charge is 2.44. The van der Waals surface area contributed by atoms with Crippen LogP contribution in [0.15, 0.2) is 88.4 Å². The largest absolute Gasteiger partial charge is 0.497 e. The van der Waals surface area contributed by atoms with Crippen LogP contribution in [0.5, 0.6) is 11.5 Å². The summed E-state index contributed by atoms with van der Waals surface area (Å²) >= 11 is 0. The predicted molar refractivity (Wildman–Crippen MR) is 155 cm³/mol. The summed E-state index contributed by atoms with van der Waals surface area (Å²) < 4.78 is 36.9. The lowest BCUT2D eigenvalue weighted by Gasteiger charge is -2.29. The van der Waals surface area contributed by atoms with Crippen molar-refractivity contribution in [2.45, 2.75) is 30.2 Å². The van der Waals surface area contributed by atoms with Gasteiger partial charge >= 0.3 is 0 Å². The molecule has 0 radical (unpaired) electrons. The van der Waals surface area contributed by atoms with Crippen LogP contribution in [0.1, 0.15) is 46.8 Å². The molecule has 1 heterocycles. The van der Waals surface area contributed by atoms with Gasteiger partial charge in [0.05, 0.1) is 30.9 Å². The molecule has 0 saturated heterocycles. The molecule has 2 unspecified atom stereocenters. The first-order chi connectivity index (χ1) is 19.2. The number of methoxy groups -OCH3 is 2. The van der Waals surface area contributed by atoms with E-state index >= 15 is 0 Å². The Morgan fingerprint density at radius 3 is 2.10 bits per heavy atom. The number of rotatable bonds is 7. The summed E-state index contributed by atoms with van der Waals surface area (Å²) in [6.07, 6.45) is 4.90. The monoisotopic (exact) mass is 559 g/mol. The maximum absolute atomic E-state index is 13.9. The number of hydrazone groups is 1. The minimum Gasteiger partial charge on any atom is -0.497 e. The molecule has 3 aromatic rings. The number of benzene rings is 3. The van der Waals surface area contributed by atoms with E-state index in [1.54, 1.807) is 31.4 Å². The van der Waals surface area contributed by atoms with Gasteiger partial charge in [0.2, 0.25) is 10.0 Å². The summed E-state index contributed by atoms with van der Waals surface area (Å²) in [5.74, 6) is 1.29. The van der Waals surface area contributed by atoms with E-state index in [-0.39, 0.29) is 22.8 Å². The van der Waals surface area contributed by atoms with E-state index in [9.17, 15) is 13.2 Å². The normalized spacial score (nSPS) is 19.9. The Labute approximate surface area is 235 Å². The van der Waals surface area contributed by atoms with E-state index in [0.717, 1.165) is 57.5 Å². The summed E-state index contributed by atoms with van der Waals surface area (Å²) in [4.78, 5) is 14.1. The number of allylic oxidation sites excluding steroid dienone is 1. The highest BCUT2D eigenvalue weighted by Crippen LogP contribution is 2.45. The van der Waals surface area contributed by atoms with Gasteiger partial charge in [0.1, 0.15) is 11.5 Å². The highest BCUT2D eigenvalue weighted by molar-refractivity contribution is 7.89. The summed E-state index contributed by atoms with van der Waals surface area (Å²) in [6.45, 7) is 0. The van der Waals surface area contributed by atoms with Crippen molar-refractivity contribution in [1.29, 1.82) is 0 Å². The molecular formula is C31H33N3O5S. The molecule has 8 nitrogen and oxygen atoms in total. The van der Waals surface area contributed by atoms with Gasteiger partial charge in [-0.15, -0.1) is 0 Å². The van der Waals surface area contributed by atoms with Gasteiger partial charge in [-0.1, -0.05) is 24.3 Å². The molecule has 1 aliphatic heterocycles. The fourth-order valence-electron chi connectivity index (χ4n) is 5.32. The van der Waals surface area contributed by atoms with Gasteiger partial charge in [0.15, 0.2) is 0 Å². The Bertz CT molecular complexity index is 1540. The highest BCUT2D eigenvalue weighted by atomic mass is 32.2. The van der Waals surface area contributed by atoms with Crippen LogP contribution < -0.4 is 9.47 Å². The first-order valence-electron chi connectivity index (χ1n) is 13.2. The number of carbonyl (C=O) groups excluding carboxylic acids is 1. The Kier molecular flexibility index (Phi) is 7.78. The Hall–Kier alpha value is -3.95. The van der Waals surface area contributed by atoms with Gasteiger partial charge in [0.25, 0.3) is 5.91 Å². The number of hydrogen-bond acceptors (Lipinski definition) is 6. The predicted octanol–water partition coefficient (Wildman–Crippen LogP) is 5.39. The molecule has 1 fully saturated rings. The van der Waals surface area contributed by atoms with Gasteiger partial charge in [-0.05, 0) is 90.6 Å². The number of carbonyl (C=O) groups is 1. The zero-order valence-corrected chi connectivity index (χ0v) is 23.9. The van der Waals surface area contributed by atoms with Crippen molar-refractivity contribution in [2.24, 2.45) is 11.0 Å².